The lowest BCUT2D eigenvalue weighted by Gasteiger charge is -2.06. The van der Waals surface area contributed by atoms with Gasteiger partial charge >= 0.3 is 0 Å². The molecule has 0 aromatic rings. The predicted octanol–water partition coefficient (Wildman–Crippen LogP) is 2.02. The molecular weight excluding hydrogens is 96.1 g/mol. The molecule has 0 radical (unpaired) electrons. The van der Waals surface area contributed by atoms with Crippen molar-refractivity contribution in [2.45, 2.75) is 6.42 Å². The predicted molar refractivity (Wildman–Crippen MR) is 34.2 cm³/mol. The van der Waals surface area contributed by atoms with E-state index in [1.807, 2.05) is 0 Å². The van der Waals surface area contributed by atoms with Gasteiger partial charge in [0.1, 0.15) is 0 Å². The first-order valence-electron chi connectivity index (χ1n) is 2.86. The molecule has 0 N–H and O–H groups in total. The van der Waals surface area contributed by atoms with Gasteiger partial charge in [-0.15, -0.1) is 17.7 Å². The second-order valence-corrected chi connectivity index (χ2v) is 2.19. The second-order valence-electron chi connectivity index (χ2n) is 2.19. The van der Waals surface area contributed by atoms with E-state index in [1.165, 1.54) is 11.1 Å². The van der Waals surface area contributed by atoms with Crippen molar-refractivity contribution in [2.24, 2.45) is 0 Å². The standard InChI is InChI=1S/C8H7/c1-2-7-4-5-8(3-1)6-7/h1-5H,6H2/q-1. The van der Waals surface area contributed by atoms with Gasteiger partial charge in [0.15, 0.2) is 0 Å². The largest absolute Gasteiger partial charge is 0.168 e. The van der Waals surface area contributed by atoms with Gasteiger partial charge < -0.3 is 0 Å². The lowest BCUT2D eigenvalue weighted by Crippen LogP contribution is -1.78. The van der Waals surface area contributed by atoms with Crippen LogP contribution in [0, 0.1) is 6.42 Å². The molecule has 0 aromatic heterocycles. The first-order valence-corrected chi connectivity index (χ1v) is 2.86. The van der Waals surface area contributed by atoms with Crippen molar-refractivity contribution < 1.29 is 0 Å². The van der Waals surface area contributed by atoms with E-state index in [-0.39, 0.29) is 0 Å². The number of rotatable bonds is 0. The Morgan fingerprint density at radius 3 is 3.25 bits per heavy atom. The van der Waals surface area contributed by atoms with Crippen molar-refractivity contribution in [2.75, 3.05) is 0 Å². The summed E-state index contributed by atoms with van der Waals surface area (Å²) in [5, 5.41) is 0. The average molecular weight is 103 g/mol. The summed E-state index contributed by atoms with van der Waals surface area (Å²) < 4.78 is 0. The van der Waals surface area contributed by atoms with E-state index in [2.05, 4.69) is 30.7 Å². The number of fused-ring (bicyclic) bond motifs is 2. The topological polar surface area (TPSA) is 0 Å². The van der Waals surface area contributed by atoms with Crippen LogP contribution in [-0.2, 0) is 0 Å². The van der Waals surface area contributed by atoms with Gasteiger partial charge in [0.2, 0.25) is 0 Å². The summed E-state index contributed by atoms with van der Waals surface area (Å²) in [6, 6.07) is 0. The highest BCUT2D eigenvalue weighted by molar-refractivity contribution is 5.47. The van der Waals surface area contributed by atoms with Crippen molar-refractivity contribution in [1.29, 1.82) is 0 Å². The molecule has 0 heterocycles. The molecule has 0 nitrogen and oxygen atoms in total. The molecule has 0 unspecified atom stereocenters. The van der Waals surface area contributed by atoms with Gasteiger partial charge in [0.05, 0.1) is 0 Å². The summed E-state index contributed by atoms with van der Waals surface area (Å²) >= 11 is 0. The quantitative estimate of drug-likeness (QED) is 0.411. The van der Waals surface area contributed by atoms with Gasteiger partial charge in [-0.05, 0) is 0 Å². The van der Waals surface area contributed by atoms with E-state index in [1.54, 1.807) is 0 Å². The van der Waals surface area contributed by atoms with Crippen LogP contribution in [0.25, 0.3) is 0 Å². The molecule has 2 rings (SSSR count). The normalized spacial score (nSPS) is 22.0. The summed E-state index contributed by atoms with van der Waals surface area (Å²) in [7, 11) is 0. The van der Waals surface area contributed by atoms with Crippen molar-refractivity contribution in [3.63, 3.8) is 0 Å². The molecule has 40 valence electrons. The van der Waals surface area contributed by atoms with E-state index in [4.69, 9.17) is 0 Å². The Bertz CT molecular complexity index is 189. The molecule has 0 saturated heterocycles. The van der Waals surface area contributed by atoms with Gasteiger partial charge in [0.25, 0.3) is 0 Å². The SMILES string of the molecule is C1=CC2=C[CH-]C(=C1)C2. The lowest BCUT2D eigenvalue weighted by atomic mass is 10.1. The summed E-state index contributed by atoms with van der Waals surface area (Å²) in [5.41, 5.74) is 2.89. The highest BCUT2D eigenvalue weighted by atomic mass is 14.1. The Hall–Kier alpha value is -0.910. The molecule has 0 aromatic carbocycles. The molecule has 0 spiro atoms. The Kier molecular flexibility index (Phi) is 0.644. The Labute approximate surface area is 49.2 Å². The molecule has 0 aliphatic heterocycles. The lowest BCUT2D eigenvalue weighted by molar-refractivity contribution is 1.23. The fourth-order valence-corrected chi connectivity index (χ4v) is 1.09. The van der Waals surface area contributed by atoms with Crippen LogP contribution in [0.5, 0.6) is 0 Å². The Morgan fingerprint density at radius 1 is 1.50 bits per heavy atom. The number of hydrogen-bond acceptors (Lipinski definition) is 0. The Balaban J connectivity index is 2.49. The van der Waals surface area contributed by atoms with E-state index in [0.717, 1.165) is 6.42 Å². The van der Waals surface area contributed by atoms with Crippen LogP contribution in [0.2, 0.25) is 0 Å². The van der Waals surface area contributed by atoms with Crippen LogP contribution in [0.3, 0.4) is 0 Å². The van der Waals surface area contributed by atoms with Gasteiger partial charge in [-0.1, -0.05) is 6.42 Å². The zero-order valence-electron chi connectivity index (χ0n) is 4.59. The van der Waals surface area contributed by atoms with Crippen LogP contribution >= 0.6 is 0 Å². The first kappa shape index (κ1) is 4.02. The third kappa shape index (κ3) is 0.429. The molecule has 0 amide bonds. The van der Waals surface area contributed by atoms with Crippen LogP contribution in [0.1, 0.15) is 6.42 Å². The minimum Gasteiger partial charge on any atom is -0.168 e. The minimum atomic E-state index is 1.16. The molecular formula is C8H7-. The fourth-order valence-electron chi connectivity index (χ4n) is 1.09. The molecule has 2 aliphatic carbocycles. The molecule has 0 fully saturated rings. The van der Waals surface area contributed by atoms with Crippen LogP contribution in [-0.4, -0.2) is 0 Å². The minimum absolute atomic E-state index is 1.16. The zero-order chi connectivity index (χ0) is 5.40. The van der Waals surface area contributed by atoms with E-state index in [0.29, 0.717) is 0 Å². The highest BCUT2D eigenvalue weighted by Gasteiger charge is 1.98. The molecule has 2 bridgehead atoms. The fraction of sp³-hybridized carbons (Fsp3) is 0.125. The number of hydrogen-bond donors (Lipinski definition) is 0. The zero-order valence-corrected chi connectivity index (χ0v) is 4.59. The van der Waals surface area contributed by atoms with Crippen LogP contribution < -0.4 is 0 Å². The highest BCUT2D eigenvalue weighted by Crippen LogP contribution is 2.26. The third-order valence-electron chi connectivity index (χ3n) is 1.54. The molecule has 8 heavy (non-hydrogen) atoms. The second kappa shape index (κ2) is 1.28. The summed E-state index contributed by atoms with van der Waals surface area (Å²) in [6.07, 6.45) is 11.9. The van der Waals surface area contributed by atoms with Gasteiger partial charge in [-0.3, -0.25) is 0 Å². The van der Waals surface area contributed by atoms with Crippen LogP contribution in [0.15, 0.2) is 35.5 Å². The van der Waals surface area contributed by atoms with Gasteiger partial charge in [-0.2, -0.15) is 24.1 Å². The van der Waals surface area contributed by atoms with Crippen molar-refractivity contribution in [3.05, 3.63) is 41.9 Å². The smallest absolute Gasteiger partial charge is 0.0703 e. The third-order valence-corrected chi connectivity index (χ3v) is 1.54. The van der Waals surface area contributed by atoms with E-state index >= 15 is 0 Å². The maximum atomic E-state index is 2.18. The summed E-state index contributed by atoms with van der Waals surface area (Å²) in [4.78, 5) is 0. The van der Waals surface area contributed by atoms with Crippen LogP contribution in [0.4, 0.5) is 0 Å². The van der Waals surface area contributed by atoms with Crippen molar-refractivity contribution in [3.8, 4) is 0 Å². The molecule has 0 atom stereocenters. The van der Waals surface area contributed by atoms with E-state index < -0.39 is 0 Å². The maximum absolute atomic E-state index is 2.18. The summed E-state index contributed by atoms with van der Waals surface area (Å²) in [5.74, 6) is 0. The number of allylic oxidation sites excluding steroid dienone is 6. The molecule has 0 heteroatoms. The van der Waals surface area contributed by atoms with Crippen molar-refractivity contribution >= 4 is 0 Å². The first-order chi connectivity index (χ1) is 3.95. The van der Waals surface area contributed by atoms with Gasteiger partial charge in [-0.25, -0.2) is 0 Å². The van der Waals surface area contributed by atoms with E-state index in [9.17, 15) is 0 Å². The van der Waals surface area contributed by atoms with Crippen molar-refractivity contribution in [1.82, 2.24) is 0 Å². The molecule has 0 saturated carbocycles. The maximum Gasteiger partial charge on any atom is -0.0703 e. The molecule has 2 aliphatic rings. The Morgan fingerprint density at radius 2 is 2.50 bits per heavy atom. The average Bonchev–Trinajstić information content (AvgIpc) is 2.12. The van der Waals surface area contributed by atoms with Gasteiger partial charge in [0, 0.05) is 0 Å². The summed E-state index contributed by atoms with van der Waals surface area (Å²) in [6.45, 7) is 0. The monoisotopic (exact) mass is 103 g/mol.